The Balaban J connectivity index is 1.86. The summed E-state index contributed by atoms with van der Waals surface area (Å²) in [4.78, 5) is 14.1. The molecule has 114 valence electrons. The zero-order chi connectivity index (χ0) is 15.7. The molecule has 0 unspecified atom stereocenters. The Morgan fingerprint density at radius 3 is 3.00 bits per heavy atom. The Morgan fingerprint density at radius 1 is 1.41 bits per heavy atom. The molecule has 9 heteroatoms. The highest BCUT2D eigenvalue weighted by Crippen LogP contribution is 2.36. The molecule has 6 nitrogen and oxygen atoms in total. The SMILES string of the molecule is CCCn1nnc(NC(=O)c2sc3cc(Cl)ccc3c2Cl)n1. The molecule has 3 rings (SSSR count). The Labute approximate surface area is 140 Å². The number of anilines is 1. The van der Waals surface area contributed by atoms with Gasteiger partial charge < -0.3 is 0 Å². The van der Waals surface area contributed by atoms with Crippen LogP contribution in [0.4, 0.5) is 5.95 Å². The quantitative estimate of drug-likeness (QED) is 0.771. The summed E-state index contributed by atoms with van der Waals surface area (Å²) in [6, 6.07) is 5.31. The van der Waals surface area contributed by atoms with E-state index >= 15 is 0 Å². The van der Waals surface area contributed by atoms with Crippen molar-refractivity contribution in [1.82, 2.24) is 20.2 Å². The van der Waals surface area contributed by atoms with Gasteiger partial charge in [0, 0.05) is 15.1 Å². The lowest BCUT2D eigenvalue weighted by Crippen LogP contribution is -2.12. The van der Waals surface area contributed by atoms with Crippen LogP contribution >= 0.6 is 34.5 Å². The summed E-state index contributed by atoms with van der Waals surface area (Å²) in [7, 11) is 0. The predicted molar refractivity (Wildman–Crippen MR) is 87.9 cm³/mol. The Morgan fingerprint density at radius 2 is 2.23 bits per heavy atom. The first-order valence-corrected chi connectivity index (χ1v) is 8.12. The summed E-state index contributed by atoms with van der Waals surface area (Å²) in [5.74, 6) is -0.205. The number of aryl methyl sites for hydroxylation is 1. The number of fused-ring (bicyclic) bond motifs is 1. The average Bonchev–Trinajstić information content (AvgIpc) is 3.04. The zero-order valence-corrected chi connectivity index (χ0v) is 13.8. The molecule has 0 bridgehead atoms. The molecule has 0 saturated carbocycles. The highest BCUT2D eigenvalue weighted by molar-refractivity contribution is 7.21. The highest BCUT2D eigenvalue weighted by Gasteiger charge is 2.19. The average molecular weight is 356 g/mol. The van der Waals surface area contributed by atoms with Gasteiger partial charge in [0.15, 0.2) is 0 Å². The Kier molecular flexibility index (Phi) is 4.28. The molecule has 0 fully saturated rings. The van der Waals surface area contributed by atoms with E-state index in [2.05, 4.69) is 20.7 Å². The van der Waals surface area contributed by atoms with Gasteiger partial charge >= 0.3 is 0 Å². The number of thiophene rings is 1. The number of nitrogens with zero attached hydrogens (tertiary/aromatic N) is 4. The van der Waals surface area contributed by atoms with E-state index in [4.69, 9.17) is 23.2 Å². The monoisotopic (exact) mass is 355 g/mol. The fraction of sp³-hybridized carbons (Fsp3) is 0.231. The molecule has 1 aromatic carbocycles. The van der Waals surface area contributed by atoms with Crippen LogP contribution in [-0.4, -0.2) is 26.1 Å². The molecule has 1 N–H and O–H groups in total. The van der Waals surface area contributed by atoms with Gasteiger partial charge in [-0.2, -0.15) is 4.80 Å². The van der Waals surface area contributed by atoms with Gasteiger partial charge in [-0.15, -0.1) is 16.4 Å². The molecule has 1 amide bonds. The van der Waals surface area contributed by atoms with Crippen LogP contribution in [0.1, 0.15) is 23.0 Å². The fourth-order valence-corrected chi connectivity index (χ4v) is 3.62. The van der Waals surface area contributed by atoms with E-state index in [1.54, 1.807) is 18.2 Å². The number of carbonyl (C=O) groups is 1. The molecule has 22 heavy (non-hydrogen) atoms. The lowest BCUT2D eigenvalue weighted by Gasteiger charge is -1.98. The van der Waals surface area contributed by atoms with Gasteiger partial charge in [0.1, 0.15) is 4.88 Å². The van der Waals surface area contributed by atoms with Crippen LogP contribution in [0.5, 0.6) is 0 Å². The van der Waals surface area contributed by atoms with Crippen molar-refractivity contribution in [2.24, 2.45) is 0 Å². The predicted octanol–water partition coefficient (Wildman–Crippen LogP) is 3.86. The highest BCUT2D eigenvalue weighted by atomic mass is 35.5. The summed E-state index contributed by atoms with van der Waals surface area (Å²) >= 11 is 13.5. The van der Waals surface area contributed by atoms with Crippen LogP contribution in [0, 0.1) is 0 Å². The lowest BCUT2D eigenvalue weighted by molar-refractivity contribution is 0.103. The minimum Gasteiger partial charge on any atom is -0.287 e. The van der Waals surface area contributed by atoms with Crippen molar-refractivity contribution in [2.45, 2.75) is 19.9 Å². The van der Waals surface area contributed by atoms with Crippen LogP contribution in [0.3, 0.4) is 0 Å². The maximum Gasteiger partial charge on any atom is 0.270 e. The van der Waals surface area contributed by atoms with Crippen LogP contribution in [0.25, 0.3) is 10.1 Å². The summed E-state index contributed by atoms with van der Waals surface area (Å²) in [6.07, 6.45) is 0.882. The van der Waals surface area contributed by atoms with Gasteiger partial charge in [-0.1, -0.05) is 41.3 Å². The first-order chi connectivity index (χ1) is 10.6. The second-order valence-corrected chi connectivity index (χ2v) is 6.42. The second-order valence-electron chi connectivity index (χ2n) is 4.55. The Hall–Kier alpha value is -1.70. The second kappa shape index (κ2) is 6.20. The van der Waals surface area contributed by atoms with Gasteiger partial charge in [0.05, 0.1) is 11.6 Å². The number of tetrazole rings is 1. The fourth-order valence-electron chi connectivity index (χ4n) is 1.93. The lowest BCUT2D eigenvalue weighted by atomic mass is 10.2. The molecule has 0 spiro atoms. The summed E-state index contributed by atoms with van der Waals surface area (Å²) < 4.78 is 0.852. The third-order valence-corrected chi connectivity index (χ3v) is 4.79. The normalized spacial score (nSPS) is 11.0. The van der Waals surface area contributed by atoms with Gasteiger partial charge in [-0.3, -0.25) is 10.1 Å². The number of hydrogen-bond donors (Lipinski definition) is 1. The standard InChI is InChI=1S/C13H11Cl2N5OS/c1-2-5-20-18-13(17-19-20)16-12(21)11-10(15)8-4-3-7(14)6-9(8)22-11/h3-4,6H,2,5H2,1H3,(H,16,18,21). The number of halogens is 2. The third kappa shape index (κ3) is 2.92. The van der Waals surface area contributed by atoms with E-state index in [-0.39, 0.29) is 11.9 Å². The molecule has 0 radical (unpaired) electrons. The number of nitrogens with one attached hydrogen (secondary N) is 1. The van der Waals surface area contributed by atoms with Gasteiger partial charge in [-0.05, 0) is 23.8 Å². The molecule has 0 saturated heterocycles. The van der Waals surface area contributed by atoms with Crippen LogP contribution in [0.2, 0.25) is 10.0 Å². The van der Waals surface area contributed by atoms with Crippen molar-refractivity contribution in [3.05, 3.63) is 33.1 Å². The molecule has 2 heterocycles. The van der Waals surface area contributed by atoms with E-state index in [1.807, 2.05) is 6.92 Å². The van der Waals surface area contributed by atoms with E-state index in [0.29, 0.717) is 21.5 Å². The molecular weight excluding hydrogens is 345 g/mol. The first-order valence-electron chi connectivity index (χ1n) is 6.55. The molecule has 0 aliphatic rings. The van der Waals surface area contributed by atoms with Gasteiger partial charge in [0.25, 0.3) is 11.9 Å². The maximum atomic E-state index is 12.3. The third-order valence-electron chi connectivity index (χ3n) is 2.90. The molecular formula is C13H11Cl2N5OS. The van der Waals surface area contributed by atoms with Gasteiger partial charge in [-0.25, -0.2) is 0 Å². The summed E-state index contributed by atoms with van der Waals surface area (Å²) in [5.41, 5.74) is 0. The van der Waals surface area contributed by atoms with E-state index in [0.717, 1.165) is 16.5 Å². The number of benzene rings is 1. The van der Waals surface area contributed by atoms with Crippen LogP contribution in [0.15, 0.2) is 18.2 Å². The van der Waals surface area contributed by atoms with Gasteiger partial charge in [0.2, 0.25) is 0 Å². The number of hydrogen-bond acceptors (Lipinski definition) is 5. The number of carbonyl (C=O) groups excluding carboxylic acids is 1. The molecule has 0 atom stereocenters. The summed E-state index contributed by atoms with van der Waals surface area (Å²) in [6.45, 7) is 2.65. The van der Waals surface area contributed by atoms with Crippen molar-refractivity contribution in [3.8, 4) is 0 Å². The van der Waals surface area contributed by atoms with E-state index in [9.17, 15) is 4.79 Å². The minimum atomic E-state index is -0.363. The van der Waals surface area contributed by atoms with Crippen LogP contribution < -0.4 is 5.32 Å². The maximum absolute atomic E-state index is 12.3. The van der Waals surface area contributed by atoms with Crippen molar-refractivity contribution >= 4 is 56.5 Å². The van der Waals surface area contributed by atoms with Crippen molar-refractivity contribution in [2.75, 3.05) is 5.32 Å². The van der Waals surface area contributed by atoms with Crippen molar-refractivity contribution < 1.29 is 4.79 Å². The molecule has 0 aliphatic heterocycles. The summed E-state index contributed by atoms with van der Waals surface area (Å²) in [5, 5.41) is 16.1. The largest absolute Gasteiger partial charge is 0.287 e. The number of rotatable bonds is 4. The first kappa shape index (κ1) is 15.2. The molecule has 0 aliphatic carbocycles. The number of aromatic nitrogens is 4. The minimum absolute atomic E-state index is 0.157. The van der Waals surface area contributed by atoms with Crippen LogP contribution in [-0.2, 0) is 6.54 Å². The zero-order valence-electron chi connectivity index (χ0n) is 11.5. The topological polar surface area (TPSA) is 72.7 Å². The van der Waals surface area contributed by atoms with Crippen molar-refractivity contribution in [1.29, 1.82) is 0 Å². The van der Waals surface area contributed by atoms with Crippen molar-refractivity contribution in [3.63, 3.8) is 0 Å². The molecule has 2 aromatic heterocycles. The number of amides is 1. The smallest absolute Gasteiger partial charge is 0.270 e. The van der Waals surface area contributed by atoms with E-state index < -0.39 is 0 Å². The molecule has 3 aromatic rings. The van der Waals surface area contributed by atoms with E-state index in [1.165, 1.54) is 16.1 Å². The Bertz CT molecular complexity index is 844.